The van der Waals surface area contributed by atoms with Crippen molar-refractivity contribution in [2.75, 3.05) is 12.0 Å². The van der Waals surface area contributed by atoms with Gasteiger partial charge >= 0.3 is 0 Å². The van der Waals surface area contributed by atoms with E-state index in [9.17, 15) is 9.59 Å². The first-order valence-corrected chi connectivity index (χ1v) is 14.2. The number of para-hydroxylation sites is 2. The third kappa shape index (κ3) is 5.38. The molecule has 4 aromatic rings. The standard InChI is InChI=1S/C35H33N3O3/c1-41-27-22-20-25(21-23-27)33(34(39)36-26-14-6-3-7-15-26)38-31-19-11-9-17-29(31)32(24-12-4-2-5-13-24)37-30-18-10-8-16-28(30)35(38)40/h2,4-5,8-13,16-23,26,33H,3,6-7,14-15H2,1H3,(H,36,39). The largest absolute Gasteiger partial charge is 0.497 e. The molecule has 0 spiro atoms. The molecule has 0 radical (unpaired) electrons. The number of carbonyl (C=O) groups is 2. The smallest absolute Gasteiger partial charge is 0.261 e. The Kier molecular flexibility index (Phi) is 7.63. The predicted octanol–water partition coefficient (Wildman–Crippen LogP) is 7.01. The van der Waals surface area contributed by atoms with Gasteiger partial charge in [-0.25, -0.2) is 4.99 Å². The highest BCUT2D eigenvalue weighted by Crippen LogP contribution is 2.38. The van der Waals surface area contributed by atoms with E-state index in [0.717, 1.165) is 42.5 Å². The zero-order valence-electron chi connectivity index (χ0n) is 23.1. The van der Waals surface area contributed by atoms with E-state index in [1.807, 2.05) is 97.1 Å². The molecule has 6 nitrogen and oxygen atoms in total. The molecule has 0 bridgehead atoms. The number of ether oxygens (including phenoxy) is 1. The summed E-state index contributed by atoms with van der Waals surface area (Å²) in [4.78, 5) is 35.6. The first-order valence-electron chi connectivity index (χ1n) is 14.2. The topological polar surface area (TPSA) is 71.0 Å². The van der Waals surface area contributed by atoms with Crippen molar-refractivity contribution in [3.05, 3.63) is 125 Å². The van der Waals surface area contributed by atoms with E-state index < -0.39 is 6.04 Å². The van der Waals surface area contributed by atoms with E-state index in [2.05, 4.69) is 5.32 Å². The molecule has 1 N–H and O–H groups in total. The number of benzene rings is 4. The maximum absolute atomic E-state index is 14.6. The molecule has 1 saturated carbocycles. The number of amides is 2. The zero-order valence-corrected chi connectivity index (χ0v) is 23.1. The number of anilines is 1. The van der Waals surface area contributed by atoms with Gasteiger partial charge in [0.2, 0.25) is 5.91 Å². The van der Waals surface area contributed by atoms with Gasteiger partial charge < -0.3 is 10.1 Å². The second-order valence-corrected chi connectivity index (χ2v) is 10.6. The molecule has 0 saturated heterocycles. The monoisotopic (exact) mass is 543 g/mol. The molecule has 0 aromatic heterocycles. The van der Waals surface area contributed by atoms with Gasteiger partial charge in [-0.2, -0.15) is 0 Å². The quantitative estimate of drug-likeness (QED) is 0.284. The lowest BCUT2D eigenvalue weighted by Gasteiger charge is -2.35. The van der Waals surface area contributed by atoms with Gasteiger partial charge in [-0.15, -0.1) is 0 Å². The number of aliphatic imine (C=N–C) groups is 1. The number of methoxy groups -OCH3 is 1. The van der Waals surface area contributed by atoms with Crippen LogP contribution in [0.5, 0.6) is 5.75 Å². The van der Waals surface area contributed by atoms with Gasteiger partial charge in [0.25, 0.3) is 5.91 Å². The van der Waals surface area contributed by atoms with Crippen LogP contribution >= 0.6 is 0 Å². The van der Waals surface area contributed by atoms with Crippen LogP contribution in [0.3, 0.4) is 0 Å². The molecule has 1 aliphatic heterocycles. The third-order valence-corrected chi connectivity index (χ3v) is 7.94. The Balaban J connectivity index is 1.56. The molecule has 6 heteroatoms. The average molecular weight is 544 g/mol. The molecule has 41 heavy (non-hydrogen) atoms. The summed E-state index contributed by atoms with van der Waals surface area (Å²) < 4.78 is 5.40. The molecule has 1 heterocycles. The van der Waals surface area contributed by atoms with Crippen LogP contribution in [-0.2, 0) is 4.79 Å². The molecule has 1 atom stereocenters. The van der Waals surface area contributed by atoms with Crippen molar-refractivity contribution in [2.45, 2.75) is 44.2 Å². The molecule has 1 fully saturated rings. The Hall–Kier alpha value is -4.71. The normalized spacial score (nSPS) is 16.0. The van der Waals surface area contributed by atoms with Gasteiger partial charge in [-0.1, -0.05) is 92.1 Å². The van der Waals surface area contributed by atoms with E-state index in [1.165, 1.54) is 6.42 Å². The number of hydrogen-bond donors (Lipinski definition) is 1. The van der Waals surface area contributed by atoms with Crippen molar-refractivity contribution >= 4 is 28.9 Å². The summed E-state index contributed by atoms with van der Waals surface area (Å²) in [6.45, 7) is 0. The minimum atomic E-state index is -0.903. The van der Waals surface area contributed by atoms with Gasteiger partial charge in [0, 0.05) is 17.2 Å². The molecule has 4 aromatic carbocycles. The highest BCUT2D eigenvalue weighted by atomic mass is 16.5. The number of hydrogen-bond acceptors (Lipinski definition) is 4. The second kappa shape index (κ2) is 11.8. The van der Waals surface area contributed by atoms with Crippen LogP contribution in [0.15, 0.2) is 108 Å². The first kappa shape index (κ1) is 26.5. The van der Waals surface area contributed by atoms with Crippen molar-refractivity contribution in [2.24, 2.45) is 4.99 Å². The molecule has 2 aliphatic rings. The number of nitrogens with zero attached hydrogens (tertiary/aromatic N) is 2. The maximum Gasteiger partial charge on any atom is 0.261 e. The molecule has 1 aliphatic carbocycles. The van der Waals surface area contributed by atoms with Crippen LogP contribution in [0.2, 0.25) is 0 Å². The van der Waals surface area contributed by atoms with Crippen molar-refractivity contribution in [1.82, 2.24) is 5.32 Å². The predicted molar refractivity (Wildman–Crippen MR) is 162 cm³/mol. The Morgan fingerprint density at radius 2 is 1.49 bits per heavy atom. The number of carbonyl (C=O) groups excluding carboxylic acids is 2. The van der Waals surface area contributed by atoms with Crippen molar-refractivity contribution in [3.8, 4) is 5.75 Å². The van der Waals surface area contributed by atoms with Gasteiger partial charge in [-0.05, 0) is 48.7 Å². The zero-order chi connectivity index (χ0) is 28.2. The lowest BCUT2D eigenvalue weighted by atomic mass is 9.93. The van der Waals surface area contributed by atoms with Gasteiger partial charge in [0.05, 0.1) is 29.8 Å². The van der Waals surface area contributed by atoms with E-state index in [1.54, 1.807) is 18.1 Å². The summed E-state index contributed by atoms with van der Waals surface area (Å²) in [5.41, 5.74) is 4.80. The van der Waals surface area contributed by atoms with Crippen LogP contribution in [0.25, 0.3) is 0 Å². The van der Waals surface area contributed by atoms with Crippen LogP contribution < -0.4 is 15.0 Å². The van der Waals surface area contributed by atoms with Crippen LogP contribution in [0, 0.1) is 0 Å². The van der Waals surface area contributed by atoms with Gasteiger partial charge in [-0.3, -0.25) is 14.5 Å². The number of nitrogens with one attached hydrogen (secondary N) is 1. The first-order chi connectivity index (χ1) is 20.1. The molecule has 6 rings (SSSR count). The highest BCUT2D eigenvalue weighted by Gasteiger charge is 2.38. The summed E-state index contributed by atoms with van der Waals surface area (Å²) in [7, 11) is 1.61. The third-order valence-electron chi connectivity index (χ3n) is 7.94. The second-order valence-electron chi connectivity index (χ2n) is 10.6. The fourth-order valence-corrected chi connectivity index (χ4v) is 5.86. The van der Waals surface area contributed by atoms with E-state index in [0.29, 0.717) is 28.3 Å². The highest BCUT2D eigenvalue weighted by molar-refractivity contribution is 6.23. The minimum Gasteiger partial charge on any atom is -0.497 e. The average Bonchev–Trinajstić information content (AvgIpc) is 3.03. The molecule has 206 valence electrons. The Morgan fingerprint density at radius 1 is 0.829 bits per heavy atom. The summed E-state index contributed by atoms with van der Waals surface area (Å²) in [6, 6.07) is 31.6. The minimum absolute atomic E-state index is 0.0887. The molecule has 1 unspecified atom stereocenters. The lowest BCUT2D eigenvalue weighted by Crippen LogP contribution is -2.48. The van der Waals surface area contributed by atoms with E-state index in [4.69, 9.17) is 9.73 Å². The van der Waals surface area contributed by atoms with Crippen LogP contribution in [0.4, 0.5) is 11.4 Å². The molecule has 2 amide bonds. The van der Waals surface area contributed by atoms with Crippen LogP contribution in [-0.4, -0.2) is 30.7 Å². The Labute approximate surface area is 240 Å². The SMILES string of the molecule is COc1ccc(C(C(=O)NC2CCCCC2)N2C(=O)c3ccccc3N=C(c3ccccc3)c3ccccc32)cc1. The fraction of sp³-hybridized carbons (Fsp3) is 0.229. The summed E-state index contributed by atoms with van der Waals surface area (Å²) in [6.07, 6.45) is 5.25. The number of fused-ring (bicyclic) bond motifs is 2. The fourth-order valence-electron chi connectivity index (χ4n) is 5.86. The summed E-state index contributed by atoms with van der Waals surface area (Å²) in [5.74, 6) is 0.216. The summed E-state index contributed by atoms with van der Waals surface area (Å²) >= 11 is 0. The molecular formula is C35H33N3O3. The lowest BCUT2D eigenvalue weighted by molar-refractivity contribution is -0.123. The molecular weight excluding hydrogens is 510 g/mol. The van der Waals surface area contributed by atoms with Crippen LogP contribution in [0.1, 0.15) is 65.2 Å². The maximum atomic E-state index is 14.6. The van der Waals surface area contributed by atoms with E-state index in [-0.39, 0.29) is 17.9 Å². The Bertz CT molecular complexity index is 1570. The van der Waals surface area contributed by atoms with Gasteiger partial charge in [0.15, 0.2) is 0 Å². The van der Waals surface area contributed by atoms with E-state index >= 15 is 0 Å². The summed E-state index contributed by atoms with van der Waals surface area (Å²) in [5, 5.41) is 3.30. The van der Waals surface area contributed by atoms with Crippen molar-refractivity contribution in [3.63, 3.8) is 0 Å². The number of rotatable bonds is 6. The Morgan fingerprint density at radius 3 is 2.22 bits per heavy atom. The van der Waals surface area contributed by atoms with Crippen molar-refractivity contribution < 1.29 is 14.3 Å². The van der Waals surface area contributed by atoms with Crippen molar-refractivity contribution in [1.29, 1.82) is 0 Å². The van der Waals surface area contributed by atoms with Gasteiger partial charge in [0.1, 0.15) is 11.8 Å².